The van der Waals surface area contributed by atoms with Crippen molar-refractivity contribution in [3.8, 4) is 0 Å². The van der Waals surface area contributed by atoms with Gasteiger partial charge in [-0.25, -0.2) is 4.79 Å². The molecule has 0 unspecified atom stereocenters. The van der Waals surface area contributed by atoms with Gasteiger partial charge in [-0.15, -0.1) is 5.10 Å². The maximum absolute atomic E-state index is 11.5. The van der Waals surface area contributed by atoms with E-state index in [0.29, 0.717) is 30.7 Å². The van der Waals surface area contributed by atoms with Crippen molar-refractivity contribution in [1.29, 1.82) is 0 Å². The average molecular weight is 287 g/mol. The van der Waals surface area contributed by atoms with Crippen LogP contribution in [-0.2, 0) is 17.7 Å². The van der Waals surface area contributed by atoms with Crippen molar-refractivity contribution in [2.45, 2.75) is 26.3 Å². The Labute approximate surface area is 122 Å². The van der Waals surface area contributed by atoms with Gasteiger partial charge in [0, 0.05) is 6.54 Å². The van der Waals surface area contributed by atoms with E-state index >= 15 is 0 Å². The fourth-order valence-electron chi connectivity index (χ4n) is 1.94. The minimum Gasteiger partial charge on any atom is -0.462 e. The lowest BCUT2D eigenvalue weighted by Crippen LogP contribution is -2.04. The molecule has 0 saturated carbocycles. The molecule has 0 saturated heterocycles. The van der Waals surface area contributed by atoms with Crippen LogP contribution in [0.15, 0.2) is 30.5 Å². The molecule has 2 rings (SSSR count). The first-order valence-corrected chi connectivity index (χ1v) is 6.84. The summed E-state index contributed by atoms with van der Waals surface area (Å²) in [6.07, 6.45) is 4.04. The Morgan fingerprint density at radius 3 is 2.71 bits per heavy atom. The minimum absolute atomic E-state index is 0.298. The van der Waals surface area contributed by atoms with E-state index < -0.39 is 0 Å². The van der Waals surface area contributed by atoms with E-state index in [1.54, 1.807) is 29.9 Å². The van der Waals surface area contributed by atoms with Crippen LogP contribution in [0.4, 0.5) is 0 Å². The van der Waals surface area contributed by atoms with Gasteiger partial charge in [0.2, 0.25) is 0 Å². The maximum atomic E-state index is 11.5. The van der Waals surface area contributed by atoms with E-state index in [9.17, 15) is 9.59 Å². The molecule has 0 spiro atoms. The van der Waals surface area contributed by atoms with Gasteiger partial charge in [-0.3, -0.25) is 9.48 Å². The Hall–Kier alpha value is -2.50. The number of rotatable bonds is 7. The molecule has 0 fully saturated rings. The molecule has 0 atom stereocenters. The first kappa shape index (κ1) is 14.9. The molecule has 6 nitrogen and oxygen atoms in total. The van der Waals surface area contributed by atoms with Crippen molar-refractivity contribution in [2.75, 3.05) is 6.61 Å². The Kier molecular flexibility index (Phi) is 5.20. The third-order valence-electron chi connectivity index (χ3n) is 2.99. The fourth-order valence-corrected chi connectivity index (χ4v) is 1.94. The molecule has 21 heavy (non-hydrogen) atoms. The van der Waals surface area contributed by atoms with Crippen LogP contribution in [0.5, 0.6) is 0 Å². The van der Waals surface area contributed by atoms with Crippen LogP contribution < -0.4 is 0 Å². The van der Waals surface area contributed by atoms with Crippen molar-refractivity contribution in [2.24, 2.45) is 0 Å². The number of ether oxygens (including phenoxy) is 1. The highest BCUT2D eigenvalue weighted by atomic mass is 16.5. The molecule has 6 heteroatoms. The molecule has 0 aliphatic rings. The summed E-state index contributed by atoms with van der Waals surface area (Å²) in [5.41, 5.74) is 2.04. The van der Waals surface area contributed by atoms with Gasteiger partial charge in [-0.05, 0) is 37.5 Å². The standard InChI is InChI=1S/C15H17N3O3/c1-2-21-15(20)13-7-5-12(6-8-13)4-3-9-18-10-14(11-19)16-17-18/h5-8,10-11H,2-4,9H2,1H3. The van der Waals surface area contributed by atoms with Gasteiger partial charge in [0.05, 0.1) is 18.4 Å². The summed E-state index contributed by atoms with van der Waals surface area (Å²) in [6.45, 7) is 2.86. The predicted molar refractivity (Wildman–Crippen MR) is 76.1 cm³/mol. The van der Waals surface area contributed by atoms with Gasteiger partial charge in [0.25, 0.3) is 0 Å². The molecule has 2 aromatic rings. The lowest BCUT2D eigenvalue weighted by atomic mass is 10.1. The second-order valence-electron chi connectivity index (χ2n) is 4.55. The number of hydrogen-bond acceptors (Lipinski definition) is 5. The first-order chi connectivity index (χ1) is 10.2. The number of aldehydes is 1. The second-order valence-corrected chi connectivity index (χ2v) is 4.55. The van der Waals surface area contributed by atoms with E-state index in [2.05, 4.69) is 10.3 Å². The van der Waals surface area contributed by atoms with Crippen molar-refractivity contribution >= 4 is 12.3 Å². The highest BCUT2D eigenvalue weighted by Crippen LogP contribution is 2.08. The SMILES string of the molecule is CCOC(=O)c1ccc(CCCn2cc(C=O)nn2)cc1. The summed E-state index contributed by atoms with van der Waals surface area (Å²) in [4.78, 5) is 22.0. The molecule has 0 aliphatic carbocycles. The van der Waals surface area contributed by atoms with Crippen LogP contribution in [-0.4, -0.2) is 33.9 Å². The van der Waals surface area contributed by atoms with Gasteiger partial charge in [-0.2, -0.15) is 0 Å². The fraction of sp³-hybridized carbons (Fsp3) is 0.333. The Morgan fingerprint density at radius 1 is 1.33 bits per heavy atom. The van der Waals surface area contributed by atoms with E-state index in [4.69, 9.17) is 4.74 Å². The van der Waals surface area contributed by atoms with E-state index in [0.717, 1.165) is 18.4 Å². The number of esters is 1. The summed E-state index contributed by atoms with van der Waals surface area (Å²) in [5, 5.41) is 7.55. The second kappa shape index (κ2) is 7.33. The van der Waals surface area contributed by atoms with Gasteiger partial charge >= 0.3 is 5.97 Å². The van der Waals surface area contributed by atoms with Crippen molar-refractivity contribution < 1.29 is 14.3 Å². The van der Waals surface area contributed by atoms with Crippen molar-refractivity contribution in [1.82, 2.24) is 15.0 Å². The quantitative estimate of drug-likeness (QED) is 0.574. The summed E-state index contributed by atoms with van der Waals surface area (Å²) in [7, 11) is 0. The Balaban J connectivity index is 1.83. The van der Waals surface area contributed by atoms with Crippen LogP contribution in [0.1, 0.15) is 39.8 Å². The summed E-state index contributed by atoms with van der Waals surface area (Å²) in [5.74, 6) is -0.298. The number of carbonyl (C=O) groups excluding carboxylic acids is 2. The summed E-state index contributed by atoms with van der Waals surface area (Å²) < 4.78 is 6.58. The zero-order chi connectivity index (χ0) is 15.1. The zero-order valence-electron chi connectivity index (χ0n) is 11.9. The van der Waals surface area contributed by atoms with E-state index in [1.165, 1.54) is 0 Å². The molecule has 1 heterocycles. The van der Waals surface area contributed by atoms with Gasteiger partial charge in [0.15, 0.2) is 6.29 Å². The zero-order valence-corrected chi connectivity index (χ0v) is 11.9. The topological polar surface area (TPSA) is 74.1 Å². The maximum Gasteiger partial charge on any atom is 0.338 e. The van der Waals surface area contributed by atoms with Crippen LogP contribution in [0, 0.1) is 0 Å². The molecule has 1 aromatic heterocycles. The molecule has 0 N–H and O–H groups in total. The van der Waals surface area contributed by atoms with E-state index in [-0.39, 0.29) is 5.97 Å². The largest absolute Gasteiger partial charge is 0.462 e. The Morgan fingerprint density at radius 2 is 2.10 bits per heavy atom. The highest BCUT2D eigenvalue weighted by Gasteiger charge is 2.05. The molecular formula is C15H17N3O3. The molecule has 0 radical (unpaired) electrons. The number of benzene rings is 1. The smallest absolute Gasteiger partial charge is 0.338 e. The molecule has 110 valence electrons. The lowest BCUT2D eigenvalue weighted by molar-refractivity contribution is 0.0526. The predicted octanol–water partition coefficient (Wildman–Crippen LogP) is 1.90. The van der Waals surface area contributed by atoms with Gasteiger partial charge in [-0.1, -0.05) is 17.3 Å². The Bertz CT molecular complexity index is 605. The molecule has 0 bridgehead atoms. The summed E-state index contributed by atoms with van der Waals surface area (Å²) in [6, 6.07) is 7.38. The summed E-state index contributed by atoms with van der Waals surface area (Å²) >= 11 is 0. The van der Waals surface area contributed by atoms with Gasteiger partial charge < -0.3 is 4.74 Å². The third-order valence-corrected chi connectivity index (χ3v) is 2.99. The molecule has 0 aliphatic heterocycles. The van der Waals surface area contributed by atoms with Crippen LogP contribution in [0.25, 0.3) is 0 Å². The number of nitrogens with zero attached hydrogens (tertiary/aromatic N) is 3. The van der Waals surface area contributed by atoms with E-state index in [1.807, 2.05) is 12.1 Å². The molecular weight excluding hydrogens is 270 g/mol. The third kappa shape index (κ3) is 4.24. The average Bonchev–Trinajstić information content (AvgIpc) is 2.96. The first-order valence-electron chi connectivity index (χ1n) is 6.84. The highest BCUT2D eigenvalue weighted by molar-refractivity contribution is 5.89. The molecule has 1 aromatic carbocycles. The number of hydrogen-bond donors (Lipinski definition) is 0. The van der Waals surface area contributed by atoms with Crippen LogP contribution in [0.3, 0.4) is 0 Å². The van der Waals surface area contributed by atoms with Crippen LogP contribution in [0.2, 0.25) is 0 Å². The number of aryl methyl sites for hydroxylation is 2. The monoisotopic (exact) mass is 287 g/mol. The minimum atomic E-state index is -0.298. The number of aromatic nitrogens is 3. The number of carbonyl (C=O) groups is 2. The van der Waals surface area contributed by atoms with Crippen molar-refractivity contribution in [3.63, 3.8) is 0 Å². The molecule has 0 amide bonds. The lowest BCUT2D eigenvalue weighted by Gasteiger charge is -2.04. The normalized spacial score (nSPS) is 10.3. The van der Waals surface area contributed by atoms with Crippen molar-refractivity contribution in [3.05, 3.63) is 47.3 Å². The van der Waals surface area contributed by atoms with Crippen LogP contribution >= 0.6 is 0 Å². The van der Waals surface area contributed by atoms with Gasteiger partial charge in [0.1, 0.15) is 5.69 Å².